The van der Waals surface area contributed by atoms with Crippen LogP contribution in [0.25, 0.3) is 0 Å². The normalized spacial score (nSPS) is 20.0. The van der Waals surface area contributed by atoms with Crippen molar-refractivity contribution in [3.05, 3.63) is 36.4 Å². The molecule has 2 aliphatic heterocycles. The van der Waals surface area contributed by atoms with E-state index in [-0.39, 0.29) is 11.8 Å². The van der Waals surface area contributed by atoms with Crippen LogP contribution < -0.4 is 9.47 Å². The SMILES string of the molecule is COc1cccc2c1OC[C@@H](C(=O)N1CCN(CCn3cncn3)CC1)C2. The second-order valence-electron chi connectivity index (χ2n) is 6.99. The molecule has 1 amide bonds. The molecule has 0 aliphatic carbocycles. The Bertz CT molecular complexity index is 772. The Kier molecular flexibility index (Phi) is 5.24. The van der Waals surface area contributed by atoms with Crippen LogP contribution in [-0.4, -0.2) is 76.9 Å². The number of hydrogen-bond acceptors (Lipinski definition) is 6. The predicted molar refractivity (Wildman–Crippen MR) is 98.7 cm³/mol. The van der Waals surface area contributed by atoms with E-state index in [2.05, 4.69) is 15.0 Å². The molecule has 8 nitrogen and oxygen atoms in total. The van der Waals surface area contributed by atoms with Crippen molar-refractivity contribution in [2.45, 2.75) is 13.0 Å². The van der Waals surface area contributed by atoms with Gasteiger partial charge < -0.3 is 14.4 Å². The average Bonchev–Trinajstić information content (AvgIpc) is 3.25. The zero-order valence-electron chi connectivity index (χ0n) is 15.6. The van der Waals surface area contributed by atoms with Gasteiger partial charge in [-0.25, -0.2) is 4.98 Å². The Morgan fingerprint density at radius 1 is 1.26 bits per heavy atom. The van der Waals surface area contributed by atoms with E-state index in [0.29, 0.717) is 13.0 Å². The Morgan fingerprint density at radius 3 is 2.85 bits per heavy atom. The number of carbonyl (C=O) groups is 1. The quantitative estimate of drug-likeness (QED) is 0.770. The van der Waals surface area contributed by atoms with Gasteiger partial charge in [-0.1, -0.05) is 12.1 Å². The highest BCUT2D eigenvalue weighted by Crippen LogP contribution is 2.36. The molecule has 1 aromatic heterocycles. The van der Waals surface area contributed by atoms with Crippen molar-refractivity contribution in [2.75, 3.05) is 46.4 Å². The van der Waals surface area contributed by atoms with Crippen LogP contribution in [0.2, 0.25) is 0 Å². The summed E-state index contributed by atoms with van der Waals surface area (Å²) in [5.74, 6) is 1.59. The lowest BCUT2D eigenvalue weighted by molar-refractivity contribution is -0.138. The van der Waals surface area contributed by atoms with Crippen LogP contribution >= 0.6 is 0 Å². The number of aromatic nitrogens is 3. The molecule has 1 aromatic carbocycles. The Morgan fingerprint density at radius 2 is 2.11 bits per heavy atom. The summed E-state index contributed by atoms with van der Waals surface area (Å²) in [4.78, 5) is 21.2. The van der Waals surface area contributed by atoms with Crippen molar-refractivity contribution >= 4 is 5.91 Å². The first kappa shape index (κ1) is 17.8. The number of para-hydroxylation sites is 1. The molecule has 2 aliphatic rings. The Balaban J connectivity index is 1.29. The van der Waals surface area contributed by atoms with E-state index in [1.165, 1.54) is 0 Å². The fourth-order valence-electron chi connectivity index (χ4n) is 3.76. The van der Waals surface area contributed by atoms with Crippen LogP contribution in [0.4, 0.5) is 0 Å². The molecule has 0 bridgehead atoms. The second kappa shape index (κ2) is 7.96. The summed E-state index contributed by atoms with van der Waals surface area (Å²) in [5.41, 5.74) is 1.05. The third-order valence-corrected chi connectivity index (χ3v) is 5.32. The van der Waals surface area contributed by atoms with Gasteiger partial charge in [-0.2, -0.15) is 5.10 Å². The highest BCUT2D eigenvalue weighted by atomic mass is 16.5. The highest BCUT2D eigenvalue weighted by Gasteiger charge is 2.32. The summed E-state index contributed by atoms with van der Waals surface area (Å²) in [7, 11) is 1.64. The summed E-state index contributed by atoms with van der Waals surface area (Å²) in [6.45, 7) is 5.46. The molecule has 1 fully saturated rings. The fourth-order valence-corrected chi connectivity index (χ4v) is 3.76. The number of piperazine rings is 1. The summed E-state index contributed by atoms with van der Waals surface area (Å²) in [6, 6.07) is 5.85. The molecule has 0 saturated carbocycles. The predicted octanol–water partition coefficient (Wildman–Crippen LogP) is 0.682. The molecule has 0 spiro atoms. The first-order valence-electron chi connectivity index (χ1n) is 9.37. The molecule has 0 N–H and O–H groups in total. The summed E-state index contributed by atoms with van der Waals surface area (Å²) in [5, 5.41) is 4.13. The number of fused-ring (bicyclic) bond motifs is 1. The largest absolute Gasteiger partial charge is 0.493 e. The van der Waals surface area contributed by atoms with Crippen molar-refractivity contribution in [3.8, 4) is 11.5 Å². The van der Waals surface area contributed by atoms with Gasteiger partial charge in [0, 0.05) is 32.7 Å². The Hall–Kier alpha value is -2.61. The van der Waals surface area contributed by atoms with Crippen LogP contribution in [0.15, 0.2) is 30.9 Å². The zero-order valence-corrected chi connectivity index (χ0v) is 15.6. The maximum absolute atomic E-state index is 12.9. The number of methoxy groups -OCH3 is 1. The van der Waals surface area contributed by atoms with Crippen LogP contribution in [0, 0.1) is 5.92 Å². The molecule has 0 radical (unpaired) electrons. The van der Waals surface area contributed by atoms with Gasteiger partial charge in [0.1, 0.15) is 19.3 Å². The summed E-state index contributed by atoms with van der Waals surface area (Å²) in [6.07, 6.45) is 3.99. The monoisotopic (exact) mass is 371 g/mol. The average molecular weight is 371 g/mol. The van der Waals surface area contributed by atoms with E-state index in [0.717, 1.165) is 56.3 Å². The van der Waals surface area contributed by atoms with Gasteiger partial charge in [0.2, 0.25) is 5.91 Å². The highest BCUT2D eigenvalue weighted by molar-refractivity contribution is 5.80. The first-order valence-corrected chi connectivity index (χ1v) is 9.37. The van der Waals surface area contributed by atoms with Gasteiger partial charge in [-0.3, -0.25) is 14.4 Å². The van der Waals surface area contributed by atoms with Gasteiger partial charge in [0.15, 0.2) is 11.5 Å². The lowest BCUT2D eigenvalue weighted by atomic mass is 9.95. The van der Waals surface area contributed by atoms with Gasteiger partial charge >= 0.3 is 0 Å². The van der Waals surface area contributed by atoms with Gasteiger partial charge in [0.05, 0.1) is 19.6 Å². The fraction of sp³-hybridized carbons (Fsp3) is 0.526. The minimum Gasteiger partial charge on any atom is -0.493 e. The third kappa shape index (κ3) is 3.90. The maximum Gasteiger partial charge on any atom is 0.229 e. The van der Waals surface area contributed by atoms with Crippen LogP contribution in [-0.2, 0) is 17.8 Å². The molecule has 1 saturated heterocycles. The van der Waals surface area contributed by atoms with E-state index in [4.69, 9.17) is 9.47 Å². The molecule has 1 atom stereocenters. The molecule has 0 unspecified atom stereocenters. The maximum atomic E-state index is 12.9. The molecule has 27 heavy (non-hydrogen) atoms. The number of amides is 1. The van der Waals surface area contributed by atoms with Gasteiger partial charge in [0.25, 0.3) is 0 Å². The molecular formula is C19H25N5O3. The number of carbonyl (C=O) groups excluding carboxylic acids is 1. The van der Waals surface area contributed by atoms with Crippen LogP contribution in [0.5, 0.6) is 11.5 Å². The molecule has 8 heteroatoms. The first-order chi connectivity index (χ1) is 13.2. The van der Waals surface area contributed by atoms with Crippen LogP contribution in [0.1, 0.15) is 5.56 Å². The number of ether oxygens (including phenoxy) is 2. The Labute approximate surface area is 158 Å². The lowest BCUT2D eigenvalue weighted by Crippen LogP contribution is -2.52. The number of nitrogens with zero attached hydrogens (tertiary/aromatic N) is 5. The molecule has 144 valence electrons. The summed E-state index contributed by atoms with van der Waals surface area (Å²) < 4.78 is 13.1. The van der Waals surface area contributed by atoms with E-state index in [9.17, 15) is 4.79 Å². The van der Waals surface area contributed by atoms with E-state index in [1.54, 1.807) is 19.8 Å². The minimum atomic E-state index is -0.119. The molecule has 4 rings (SSSR count). The van der Waals surface area contributed by atoms with E-state index < -0.39 is 0 Å². The minimum absolute atomic E-state index is 0.119. The topological polar surface area (TPSA) is 72.7 Å². The van der Waals surface area contributed by atoms with Crippen molar-refractivity contribution in [1.82, 2.24) is 24.6 Å². The van der Waals surface area contributed by atoms with E-state index in [1.807, 2.05) is 27.8 Å². The van der Waals surface area contributed by atoms with Crippen LogP contribution in [0.3, 0.4) is 0 Å². The number of benzene rings is 1. The van der Waals surface area contributed by atoms with Crippen molar-refractivity contribution in [3.63, 3.8) is 0 Å². The van der Waals surface area contributed by atoms with Crippen molar-refractivity contribution in [1.29, 1.82) is 0 Å². The third-order valence-electron chi connectivity index (χ3n) is 5.32. The van der Waals surface area contributed by atoms with E-state index >= 15 is 0 Å². The molecule has 2 aromatic rings. The molecular weight excluding hydrogens is 346 g/mol. The van der Waals surface area contributed by atoms with Gasteiger partial charge in [-0.15, -0.1) is 0 Å². The zero-order chi connectivity index (χ0) is 18.6. The lowest BCUT2D eigenvalue weighted by Gasteiger charge is -2.37. The number of hydrogen-bond donors (Lipinski definition) is 0. The standard InChI is InChI=1S/C19H25N5O3/c1-26-17-4-2-3-15-11-16(12-27-18(15)17)19(25)23-8-5-22(6-9-23)7-10-24-14-20-13-21-24/h2-4,13-14,16H,5-12H2,1H3/t16-/m0/s1. The van der Waals surface area contributed by atoms with Gasteiger partial charge in [-0.05, 0) is 18.1 Å². The number of rotatable bonds is 5. The molecule has 3 heterocycles. The van der Waals surface area contributed by atoms with Crippen molar-refractivity contribution in [2.24, 2.45) is 5.92 Å². The second-order valence-corrected chi connectivity index (χ2v) is 6.99. The summed E-state index contributed by atoms with van der Waals surface area (Å²) >= 11 is 0. The smallest absolute Gasteiger partial charge is 0.229 e. The van der Waals surface area contributed by atoms with Crippen molar-refractivity contribution < 1.29 is 14.3 Å².